The Bertz CT molecular complexity index is 954. The molecule has 2 aromatic rings. The number of amides is 1. The molecule has 8 heteroatoms. The van der Waals surface area contributed by atoms with Crippen LogP contribution in [0.3, 0.4) is 0 Å². The minimum atomic E-state index is -3.61. The molecule has 1 N–H and O–H groups in total. The van der Waals surface area contributed by atoms with E-state index in [0.717, 1.165) is 11.3 Å². The van der Waals surface area contributed by atoms with Crippen molar-refractivity contribution in [1.82, 2.24) is 14.5 Å². The molecule has 1 saturated heterocycles. The van der Waals surface area contributed by atoms with Gasteiger partial charge in [-0.1, -0.05) is 18.2 Å². The lowest BCUT2D eigenvalue weighted by molar-refractivity contribution is 0.0950. The molecule has 0 aromatic heterocycles. The smallest absolute Gasteiger partial charge is 0.251 e. The summed E-state index contributed by atoms with van der Waals surface area (Å²) in [5.41, 5.74) is 1.23. The SMILES string of the molecule is CCOc1cccc(CNC(=O)c2cccc(S(=O)(=O)N3CCN(C)CC3)c2)c1. The number of ether oxygens (including phenoxy) is 1. The molecule has 0 radical (unpaired) electrons. The minimum absolute atomic E-state index is 0.146. The first kappa shape index (κ1) is 21.3. The van der Waals surface area contributed by atoms with Gasteiger partial charge in [-0.2, -0.15) is 4.31 Å². The molecule has 0 aliphatic carbocycles. The number of rotatable bonds is 7. The van der Waals surface area contributed by atoms with Gasteiger partial charge in [0.2, 0.25) is 10.0 Å². The topological polar surface area (TPSA) is 78.9 Å². The molecule has 3 rings (SSSR count). The van der Waals surface area contributed by atoms with Gasteiger partial charge in [0.15, 0.2) is 0 Å². The van der Waals surface area contributed by atoms with Crippen molar-refractivity contribution in [3.05, 3.63) is 59.7 Å². The molecule has 7 nitrogen and oxygen atoms in total. The Hall–Kier alpha value is -2.42. The summed E-state index contributed by atoms with van der Waals surface area (Å²) >= 11 is 0. The largest absolute Gasteiger partial charge is 0.494 e. The highest BCUT2D eigenvalue weighted by Gasteiger charge is 2.27. The third-order valence-electron chi connectivity index (χ3n) is 4.86. The van der Waals surface area contributed by atoms with Crippen LogP contribution in [0.1, 0.15) is 22.8 Å². The molecule has 1 amide bonds. The standard InChI is InChI=1S/C21H27N3O4S/c1-3-28-19-8-4-6-17(14-19)16-22-21(25)18-7-5-9-20(15-18)29(26,27)24-12-10-23(2)11-13-24/h4-9,14-15H,3,10-13,16H2,1-2H3,(H,22,25). The molecule has 156 valence electrons. The van der Waals surface area contributed by atoms with Gasteiger partial charge in [-0.3, -0.25) is 4.79 Å². The van der Waals surface area contributed by atoms with E-state index in [2.05, 4.69) is 10.2 Å². The zero-order chi connectivity index (χ0) is 20.9. The second kappa shape index (κ2) is 9.39. The molecule has 1 heterocycles. The zero-order valence-corrected chi connectivity index (χ0v) is 17.6. The third kappa shape index (κ3) is 5.35. The molecule has 0 unspecified atom stereocenters. The first-order valence-corrected chi connectivity index (χ1v) is 11.1. The highest BCUT2D eigenvalue weighted by molar-refractivity contribution is 7.89. The van der Waals surface area contributed by atoms with Crippen LogP contribution in [0.15, 0.2) is 53.4 Å². The van der Waals surface area contributed by atoms with Crippen LogP contribution in [0.5, 0.6) is 5.75 Å². The number of benzene rings is 2. The number of hydrogen-bond acceptors (Lipinski definition) is 5. The van der Waals surface area contributed by atoms with E-state index in [9.17, 15) is 13.2 Å². The van der Waals surface area contributed by atoms with E-state index < -0.39 is 10.0 Å². The van der Waals surface area contributed by atoms with Crippen LogP contribution in [0.2, 0.25) is 0 Å². The zero-order valence-electron chi connectivity index (χ0n) is 16.8. The lowest BCUT2D eigenvalue weighted by atomic mass is 10.2. The van der Waals surface area contributed by atoms with Gasteiger partial charge in [-0.15, -0.1) is 0 Å². The van der Waals surface area contributed by atoms with E-state index in [0.29, 0.717) is 44.9 Å². The van der Waals surface area contributed by atoms with Crippen LogP contribution >= 0.6 is 0 Å². The van der Waals surface area contributed by atoms with Gasteiger partial charge in [0, 0.05) is 38.3 Å². The number of nitrogens with zero attached hydrogens (tertiary/aromatic N) is 2. The molecule has 1 fully saturated rings. The molecular weight excluding hydrogens is 390 g/mol. The van der Waals surface area contributed by atoms with E-state index in [4.69, 9.17) is 4.74 Å². The van der Waals surface area contributed by atoms with Gasteiger partial charge in [-0.25, -0.2) is 8.42 Å². The summed E-state index contributed by atoms with van der Waals surface area (Å²) in [5.74, 6) is 0.432. The lowest BCUT2D eigenvalue weighted by Gasteiger charge is -2.31. The highest BCUT2D eigenvalue weighted by atomic mass is 32.2. The number of sulfonamides is 1. The van der Waals surface area contributed by atoms with Gasteiger partial charge in [0.05, 0.1) is 11.5 Å². The van der Waals surface area contributed by atoms with Crippen LogP contribution in [0, 0.1) is 0 Å². The van der Waals surface area contributed by atoms with Crippen LogP contribution in [0.4, 0.5) is 0 Å². The van der Waals surface area contributed by atoms with Crippen LogP contribution < -0.4 is 10.1 Å². The summed E-state index contributed by atoms with van der Waals surface area (Å²) in [6.07, 6.45) is 0. The Morgan fingerprint density at radius 2 is 1.79 bits per heavy atom. The summed E-state index contributed by atoms with van der Waals surface area (Å²) in [5, 5.41) is 2.84. The lowest BCUT2D eigenvalue weighted by Crippen LogP contribution is -2.47. The Morgan fingerprint density at radius 1 is 1.07 bits per heavy atom. The molecule has 29 heavy (non-hydrogen) atoms. The minimum Gasteiger partial charge on any atom is -0.494 e. The number of piperazine rings is 1. The van der Waals surface area contributed by atoms with Gasteiger partial charge in [-0.05, 0) is 49.9 Å². The molecule has 1 aliphatic rings. The van der Waals surface area contributed by atoms with Crippen molar-refractivity contribution in [3.63, 3.8) is 0 Å². The predicted molar refractivity (Wildman–Crippen MR) is 111 cm³/mol. The summed E-state index contributed by atoms with van der Waals surface area (Å²) in [7, 11) is -1.64. The maximum atomic E-state index is 12.9. The fourth-order valence-corrected chi connectivity index (χ4v) is 4.64. The van der Waals surface area contributed by atoms with Crippen molar-refractivity contribution >= 4 is 15.9 Å². The predicted octanol–water partition coefficient (Wildman–Crippen LogP) is 1.95. The van der Waals surface area contributed by atoms with Crippen LogP contribution in [-0.2, 0) is 16.6 Å². The van der Waals surface area contributed by atoms with Crippen molar-refractivity contribution in [3.8, 4) is 5.75 Å². The molecule has 0 spiro atoms. The second-order valence-electron chi connectivity index (χ2n) is 7.00. The van der Waals surface area contributed by atoms with Crippen LogP contribution in [-0.4, -0.2) is 63.4 Å². The van der Waals surface area contributed by atoms with Crippen molar-refractivity contribution in [1.29, 1.82) is 0 Å². The highest BCUT2D eigenvalue weighted by Crippen LogP contribution is 2.19. The molecule has 1 aliphatic heterocycles. The van der Waals surface area contributed by atoms with Gasteiger partial charge in [0.25, 0.3) is 5.91 Å². The summed E-state index contributed by atoms with van der Waals surface area (Å²) in [6.45, 7) is 5.11. The van der Waals surface area contributed by atoms with Gasteiger partial charge in [0.1, 0.15) is 5.75 Å². The van der Waals surface area contributed by atoms with Crippen molar-refractivity contribution in [2.75, 3.05) is 39.8 Å². The fourth-order valence-electron chi connectivity index (χ4n) is 3.17. The van der Waals surface area contributed by atoms with E-state index in [1.54, 1.807) is 12.1 Å². The average molecular weight is 418 g/mol. The van der Waals surface area contributed by atoms with E-state index in [1.807, 2.05) is 38.2 Å². The summed E-state index contributed by atoms with van der Waals surface area (Å²) < 4.78 is 32.8. The molecule has 2 aromatic carbocycles. The normalized spacial score (nSPS) is 15.8. The summed E-state index contributed by atoms with van der Waals surface area (Å²) in [6, 6.07) is 13.7. The molecule has 0 saturated carbocycles. The van der Waals surface area contributed by atoms with Gasteiger partial charge >= 0.3 is 0 Å². The Kier molecular flexibility index (Phi) is 6.89. The maximum absolute atomic E-state index is 12.9. The fraction of sp³-hybridized carbons (Fsp3) is 0.381. The quantitative estimate of drug-likeness (QED) is 0.745. The van der Waals surface area contributed by atoms with E-state index >= 15 is 0 Å². The van der Waals surface area contributed by atoms with Crippen molar-refractivity contribution < 1.29 is 17.9 Å². The van der Waals surface area contributed by atoms with E-state index in [1.165, 1.54) is 16.4 Å². The first-order valence-electron chi connectivity index (χ1n) is 9.69. The first-order chi connectivity index (χ1) is 13.9. The van der Waals surface area contributed by atoms with Crippen molar-refractivity contribution in [2.24, 2.45) is 0 Å². The Morgan fingerprint density at radius 3 is 2.52 bits per heavy atom. The number of nitrogens with one attached hydrogen (secondary N) is 1. The maximum Gasteiger partial charge on any atom is 0.251 e. The van der Waals surface area contributed by atoms with Crippen molar-refractivity contribution in [2.45, 2.75) is 18.4 Å². The molecule has 0 atom stereocenters. The number of carbonyl (C=O) groups is 1. The van der Waals surface area contributed by atoms with Crippen LogP contribution in [0.25, 0.3) is 0 Å². The number of likely N-dealkylation sites (N-methyl/N-ethyl adjacent to an activating group) is 1. The average Bonchev–Trinajstić information content (AvgIpc) is 2.73. The van der Waals surface area contributed by atoms with Gasteiger partial charge < -0.3 is 15.0 Å². The monoisotopic (exact) mass is 417 g/mol. The van der Waals surface area contributed by atoms with E-state index in [-0.39, 0.29) is 10.8 Å². The summed E-state index contributed by atoms with van der Waals surface area (Å²) in [4.78, 5) is 14.8. The molecular formula is C21H27N3O4S. The number of carbonyl (C=O) groups excluding carboxylic acids is 1. The second-order valence-corrected chi connectivity index (χ2v) is 8.94. The number of hydrogen-bond donors (Lipinski definition) is 1. The Labute approximate surface area is 172 Å². The third-order valence-corrected chi connectivity index (χ3v) is 6.75. The molecule has 0 bridgehead atoms. The Balaban J connectivity index is 1.68.